The van der Waals surface area contributed by atoms with Crippen LogP contribution in [0, 0.1) is 0 Å². The van der Waals surface area contributed by atoms with Gasteiger partial charge in [0.1, 0.15) is 12.1 Å². The van der Waals surface area contributed by atoms with Gasteiger partial charge in [-0.1, -0.05) is 38.2 Å². The molecule has 0 aromatic heterocycles. The second-order valence-corrected chi connectivity index (χ2v) is 11.3. The Bertz CT molecular complexity index is 833. The van der Waals surface area contributed by atoms with Crippen molar-refractivity contribution in [3.63, 3.8) is 0 Å². The molecule has 0 heterocycles. The molecule has 0 radical (unpaired) electrons. The van der Waals surface area contributed by atoms with Gasteiger partial charge >= 0.3 is 0 Å². The number of unbranched alkanes of at least 4 members (excludes halogenated alkanes) is 1. The van der Waals surface area contributed by atoms with E-state index in [0.717, 1.165) is 45.2 Å². The molecule has 0 unspecified atom stereocenters. The van der Waals surface area contributed by atoms with Crippen LogP contribution in [0.15, 0.2) is 24.3 Å². The van der Waals surface area contributed by atoms with Gasteiger partial charge in [0, 0.05) is 52.1 Å². The van der Waals surface area contributed by atoms with E-state index in [-0.39, 0.29) is 49.0 Å². The van der Waals surface area contributed by atoms with Gasteiger partial charge in [-0.15, -0.1) is 37.2 Å². The average molecular weight is 763 g/mol. The molecule has 290 valence electrons. The zero-order valence-electron chi connectivity index (χ0n) is 29.6. The molecule has 0 saturated heterocycles. The Morgan fingerprint density at radius 2 is 0.959 bits per heavy atom. The molecule has 13 nitrogen and oxygen atoms in total. The minimum Gasteiger partial charge on any atom is -0.394 e. The summed E-state index contributed by atoms with van der Waals surface area (Å²) in [7, 11) is 0. The van der Waals surface area contributed by atoms with Crippen molar-refractivity contribution in [2.24, 2.45) is 11.5 Å². The SMILES string of the molecule is CC/C=C\CCC(=O)N(CCCCNCCCN(CCCNC(=O)[C@@H](N)CO)C(=O)CC/C=C\CC)CCCNC(=O)[C@@H](N)CO.Cl.Cl.Cl. The third-order valence-corrected chi connectivity index (χ3v) is 7.25. The average Bonchev–Trinajstić information content (AvgIpc) is 3.06. The predicted molar refractivity (Wildman–Crippen MR) is 204 cm³/mol. The van der Waals surface area contributed by atoms with Crippen LogP contribution >= 0.6 is 37.2 Å². The monoisotopic (exact) mass is 761 g/mol. The van der Waals surface area contributed by atoms with Crippen molar-refractivity contribution >= 4 is 60.8 Å². The smallest absolute Gasteiger partial charge is 0.239 e. The zero-order valence-corrected chi connectivity index (χ0v) is 32.1. The maximum Gasteiger partial charge on any atom is 0.239 e. The molecular weight excluding hydrogens is 697 g/mol. The maximum absolute atomic E-state index is 12.8. The summed E-state index contributed by atoms with van der Waals surface area (Å²) in [5.41, 5.74) is 11.1. The van der Waals surface area contributed by atoms with E-state index in [2.05, 4.69) is 41.9 Å². The van der Waals surface area contributed by atoms with Crippen LogP contribution in [0.1, 0.15) is 84.5 Å². The number of carbonyl (C=O) groups is 4. The Morgan fingerprint density at radius 3 is 1.35 bits per heavy atom. The van der Waals surface area contributed by atoms with E-state index in [1.807, 2.05) is 22.0 Å². The molecular formula is C33H66Cl3N7O6. The fourth-order valence-electron chi connectivity index (χ4n) is 4.48. The standard InChI is InChI=1S/C33H63N7O6.3ClH/c1-3-5-7-9-16-30(43)39(24-14-20-37-32(45)28(34)26-41)22-12-11-18-36-19-13-23-40(31(44)17-10-8-6-4-2)25-15-21-38-33(46)29(35)27-42;;;/h5-8,28-29,36,41-42H,3-4,9-27,34-35H2,1-2H3,(H,37,45)(H,38,46);3*1H/b7-5-,8-6-;;;/t28-,29-;;;/m0.../s1. The molecule has 0 aromatic rings. The summed E-state index contributed by atoms with van der Waals surface area (Å²) in [5.74, 6) is -0.623. The molecule has 0 aromatic carbocycles. The first-order valence-corrected chi connectivity index (χ1v) is 17.1. The van der Waals surface area contributed by atoms with Crippen LogP contribution in [0.5, 0.6) is 0 Å². The van der Waals surface area contributed by atoms with Gasteiger partial charge in [0.2, 0.25) is 23.6 Å². The lowest BCUT2D eigenvalue weighted by Crippen LogP contribution is -2.44. The van der Waals surface area contributed by atoms with E-state index in [1.165, 1.54) is 0 Å². The number of amides is 4. The molecule has 0 aliphatic rings. The summed E-state index contributed by atoms with van der Waals surface area (Å²) in [6.07, 6.45) is 16.1. The van der Waals surface area contributed by atoms with Crippen LogP contribution < -0.4 is 27.4 Å². The highest BCUT2D eigenvalue weighted by Gasteiger charge is 2.16. The van der Waals surface area contributed by atoms with E-state index >= 15 is 0 Å². The molecule has 0 spiro atoms. The number of nitrogens with one attached hydrogen (secondary N) is 3. The molecule has 9 N–H and O–H groups in total. The molecule has 49 heavy (non-hydrogen) atoms. The number of hydrogen-bond acceptors (Lipinski definition) is 9. The van der Waals surface area contributed by atoms with Crippen molar-refractivity contribution in [1.82, 2.24) is 25.8 Å². The van der Waals surface area contributed by atoms with Crippen LogP contribution in [0.3, 0.4) is 0 Å². The molecule has 0 saturated carbocycles. The van der Waals surface area contributed by atoms with Crippen LogP contribution in [0.4, 0.5) is 0 Å². The first-order chi connectivity index (χ1) is 22.2. The summed E-state index contributed by atoms with van der Waals surface area (Å²) in [5, 5.41) is 26.8. The second kappa shape index (κ2) is 37.3. The van der Waals surface area contributed by atoms with Gasteiger partial charge in [-0.05, 0) is 70.9 Å². The van der Waals surface area contributed by atoms with Gasteiger partial charge in [0.15, 0.2) is 0 Å². The Balaban J connectivity index is -0.00000337. The summed E-state index contributed by atoms with van der Waals surface area (Å²) >= 11 is 0. The molecule has 4 amide bonds. The Hall–Kier alpha value is -1.97. The van der Waals surface area contributed by atoms with Crippen molar-refractivity contribution in [2.45, 2.75) is 96.6 Å². The maximum atomic E-state index is 12.8. The van der Waals surface area contributed by atoms with Crippen LogP contribution in [-0.4, -0.2) is 121 Å². The van der Waals surface area contributed by atoms with Gasteiger partial charge in [-0.3, -0.25) is 19.2 Å². The van der Waals surface area contributed by atoms with E-state index < -0.39 is 37.1 Å². The Morgan fingerprint density at radius 1 is 0.592 bits per heavy atom. The topological polar surface area (TPSA) is 203 Å². The van der Waals surface area contributed by atoms with Crippen molar-refractivity contribution in [3.8, 4) is 0 Å². The first kappa shape index (κ1) is 53.8. The summed E-state index contributed by atoms with van der Waals surface area (Å²) < 4.78 is 0. The number of aliphatic hydroxyl groups is 2. The predicted octanol–water partition coefficient (Wildman–Crippen LogP) is 1.81. The summed E-state index contributed by atoms with van der Waals surface area (Å²) in [6, 6.07) is -1.88. The molecule has 16 heteroatoms. The van der Waals surface area contributed by atoms with Gasteiger partial charge < -0.3 is 47.4 Å². The number of nitrogens with zero attached hydrogens (tertiary/aromatic N) is 2. The lowest BCUT2D eigenvalue weighted by atomic mass is 10.2. The molecule has 0 aliphatic heterocycles. The molecule has 0 fully saturated rings. The normalized spacial score (nSPS) is 12.0. The van der Waals surface area contributed by atoms with E-state index in [0.29, 0.717) is 77.8 Å². The van der Waals surface area contributed by atoms with Crippen LogP contribution in [0.2, 0.25) is 0 Å². The highest BCUT2D eigenvalue weighted by Crippen LogP contribution is 2.05. The van der Waals surface area contributed by atoms with Crippen molar-refractivity contribution < 1.29 is 29.4 Å². The van der Waals surface area contributed by atoms with E-state index in [9.17, 15) is 19.2 Å². The zero-order chi connectivity index (χ0) is 34.4. The summed E-state index contributed by atoms with van der Waals surface area (Å²) in [6.45, 7) is 7.92. The van der Waals surface area contributed by atoms with Crippen molar-refractivity contribution in [1.29, 1.82) is 0 Å². The second-order valence-electron chi connectivity index (χ2n) is 11.3. The minimum atomic E-state index is -0.942. The lowest BCUT2D eigenvalue weighted by molar-refractivity contribution is -0.132. The van der Waals surface area contributed by atoms with E-state index in [1.54, 1.807) is 0 Å². The first-order valence-electron chi connectivity index (χ1n) is 17.1. The quantitative estimate of drug-likeness (QED) is 0.0438. The Kier molecular flexibility index (Phi) is 41.0. The lowest BCUT2D eigenvalue weighted by Gasteiger charge is -2.24. The van der Waals surface area contributed by atoms with Gasteiger partial charge in [-0.25, -0.2) is 0 Å². The van der Waals surface area contributed by atoms with Crippen molar-refractivity contribution in [3.05, 3.63) is 24.3 Å². The number of hydrogen-bond donors (Lipinski definition) is 7. The number of aliphatic hydroxyl groups excluding tert-OH is 2. The third-order valence-electron chi connectivity index (χ3n) is 7.25. The molecule has 2 atom stereocenters. The largest absolute Gasteiger partial charge is 0.394 e. The van der Waals surface area contributed by atoms with Crippen molar-refractivity contribution in [2.75, 3.05) is 65.6 Å². The number of allylic oxidation sites excluding steroid dienone is 4. The van der Waals surface area contributed by atoms with Gasteiger partial charge in [0.25, 0.3) is 0 Å². The molecule has 0 rings (SSSR count). The van der Waals surface area contributed by atoms with Crippen LogP contribution in [0.25, 0.3) is 0 Å². The minimum absolute atomic E-state index is 0. The summed E-state index contributed by atoms with van der Waals surface area (Å²) in [4.78, 5) is 53.0. The molecule has 0 bridgehead atoms. The fourth-order valence-corrected chi connectivity index (χ4v) is 4.48. The van der Waals surface area contributed by atoms with E-state index in [4.69, 9.17) is 21.7 Å². The van der Waals surface area contributed by atoms with Gasteiger partial charge in [-0.2, -0.15) is 0 Å². The number of halogens is 3. The third kappa shape index (κ3) is 29.5. The van der Waals surface area contributed by atoms with Crippen LogP contribution in [-0.2, 0) is 19.2 Å². The highest BCUT2D eigenvalue weighted by atomic mass is 35.5. The number of rotatable bonds is 29. The van der Waals surface area contributed by atoms with Gasteiger partial charge in [0.05, 0.1) is 13.2 Å². The molecule has 0 aliphatic carbocycles. The number of carbonyl (C=O) groups excluding carboxylic acids is 4. The Labute approximate surface area is 313 Å². The fraction of sp³-hybridized carbons (Fsp3) is 0.758. The number of nitrogens with two attached hydrogens (primary N) is 2. The highest BCUT2D eigenvalue weighted by molar-refractivity contribution is 5.86.